The number of aromatic nitrogens is 2. The van der Waals surface area contributed by atoms with Crippen molar-refractivity contribution in [3.63, 3.8) is 0 Å². The monoisotopic (exact) mass is 568 g/mol. The van der Waals surface area contributed by atoms with Gasteiger partial charge in [-0.3, -0.25) is 0 Å². The van der Waals surface area contributed by atoms with Crippen LogP contribution < -0.4 is 0 Å². The number of hydrogen-bond donors (Lipinski definition) is 0. The number of para-hydroxylation sites is 3. The first-order valence-electron chi connectivity index (χ1n) is 15.2. The molecule has 2 heterocycles. The summed E-state index contributed by atoms with van der Waals surface area (Å²) in [5.41, 5.74) is 10.4. The number of benzene rings is 5. The molecule has 7 aromatic rings. The summed E-state index contributed by atoms with van der Waals surface area (Å²) in [7, 11) is 0. The predicted molar refractivity (Wildman–Crippen MR) is 192 cm³/mol. The highest BCUT2D eigenvalue weighted by molar-refractivity contribution is 6.12. The molecule has 7 rings (SSSR count). The van der Waals surface area contributed by atoms with Crippen LogP contribution in [0.2, 0.25) is 0 Å². The van der Waals surface area contributed by atoms with Gasteiger partial charge in [-0.1, -0.05) is 124 Å². The summed E-state index contributed by atoms with van der Waals surface area (Å²) in [5, 5.41) is 4.97. The van der Waals surface area contributed by atoms with Crippen LogP contribution in [0.5, 0.6) is 0 Å². The molecular weight excluding hydrogens is 532 g/mol. The van der Waals surface area contributed by atoms with Crippen molar-refractivity contribution in [3.8, 4) is 0 Å². The van der Waals surface area contributed by atoms with Crippen molar-refractivity contribution in [2.75, 3.05) is 0 Å². The molecule has 2 nitrogen and oxygen atoms in total. The topological polar surface area (TPSA) is 9.86 Å². The van der Waals surface area contributed by atoms with Gasteiger partial charge in [-0.15, -0.1) is 0 Å². The lowest BCUT2D eigenvalue weighted by atomic mass is 9.77. The number of hydrogen-bond acceptors (Lipinski definition) is 0. The Morgan fingerprint density at radius 1 is 0.568 bits per heavy atom. The SMILES string of the molecule is C=C/C(=C\C(=C/C)n1c2ccccc2c2cc(C(C)(C)c3ccc(C=C)cc3)ccc21)n1c2ccccc2c2ccccc21. The van der Waals surface area contributed by atoms with Gasteiger partial charge in [0, 0.05) is 38.4 Å². The van der Waals surface area contributed by atoms with Crippen LogP contribution in [0.3, 0.4) is 0 Å². The Balaban J connectivity index is 1.42. The molecular formula is C42H36N2. The summed E-state index contributed by atoms with van der Waals surface area (Å²) >= 11 is 0. The largest absolute Gasteiger partial charge is 0.310 e. The van der Waals surface area contributed by atoms with E-state index in [0.29, 0.717) is 0 Å². The van der Waals surface area contributed by atoms with Crippen molar-refractivity contribution in [2.45, 2.75) is 26.2 Å². The zero-order chi connectivity index (χ0) is 30.4. The second-order valence-electron chi connectivity index (χ2n) is 11.9. The maximum Gasteiger partial charge on any atom is 0.0541 e. The van der Waals surface area contributed by atoms with Gasteiger partial charge in [0.25, 0.3) is 0 Å². The summed E-state index contributed by atoms with van der Waals surface area (Å²) in [6.07, 6.45) is 8.32. The van der Waals surface area contributed by atoms with Crippen LogP contribution in [0, 0.1) is 0 Å². The van der Waals surface area contributed by atoms with Crippen molar-refractivity contribution in [1.82, 2.24) is 9.13 Å². The van der Waals surface area contributed by atoms with Gasteiger partial charge in [0.15, 0.2) is 0 Å². The van der Waals surface area contributed by atoms with Crippen molar-refractivity contribution in [3.05, 3.63) is 163 Å². The van der Waals surface area contributed by atoms with E-state index in [0.717, 1.165) is 17.0 Å². The van der Waals surface area contributed by atoms with Gasteiger partial charge in [-0.05, 0) is 66.1 Å². The van der Waals surface area contributed by atoms with Crippen molar-refractivity contribution in [1.29, 1.82) is 0 Å². The maximum absolute atomic E-state index is 4.27. The fraction of sp³-hybridized carbons (Fsp3) is 0.0952. The van der Waals surface area contributed by atoms with Gasteiger partial charge < -0.3 is 9.13 Å². The highest BCUT2D eigenvalue weighted by Gasteiger charge is 2.25. The molecule has 0 unspecified atom stereocenters. The molecule has 0 atom stereocenters. The molecule has 0 bridgehead atoms. The zero-order valence-electron chi connectivity index (χ0n) is 25.6. The van der Waals surface area contributed by atoms with Gasteiger partial charge in [0.2, 0.25) is 0 Å². The normalized spacial score (nSPS) is 12.9. The average molecular weight is 569 g/mol. The number of allylic oxidation sites excluding steroid dienone is 5. The van der Waals surface area contributed by atoms with E-state index in [1.807, 2.05) is 12.2 Å². The lowest BCUT2D eigenvalue weighted by Gasteiger charge is -2.26. The first-order chi connectivity index (χ1) is 21.5. The van der Waals surface area contributed by atoms with Gasteiger partial charge in [0.05, 0.1) is 22.1 Å². The first kappa shape index (κ1) is 27.5. The standard InChI is InChI=1S/C42H36N2/c1-6-29-21-23-30(24-22-29)42(4,5)31-25-26-41-37(27-31)36-17-11-14-20-40(36)44(41)33(8-3)28-32(7-2)43-38-18-12-9-15-34(38)35-16-10-13-19-39(35)43/h6-28H,1-2H2,3-5H3/b32-28+,33-8+. The second kappa shape index (κ2) is 10.7. The van der Waals surface area contributed by atoms with Crippen molar-refractivity contribution in [2.24, 2.45) is 0 Å². The number of nitrogens with zero attached hydrogens (tertiary/aromatic N) is 2. The molecule has 0 radical (unpaired) electrons. The van der Waals surface area contributed by atoms with E-state index in [4.69, 9.17) is 0 Å². The van der Waals surface area contributed by atoms with Crippen LogP contribution in [-0.2, 0) is 5.41 Å². The van der Waals surface area contributed by atoms with Crippen LogP contribution in [0.4, 0.5) is 0 Å². The Morgan fingerprint density at radius 3 is 1.57 bits per heavy atom. The minimum absolute atomic E-state index is 0.160. The molecule has 0 spiro atoms. The van der Waals surface area contributed by atoms with Crippen LogP contribution in [0.15, 0.2) is 147 Å². The van der Waals surface area contributed by atoms with E-state index < -0.39 is 0 Å². The molecule has 0 fully saturated rings. The van der Waals surface area contributed by atoms with Gasteiger partial charge >= 0.3 is 0 Å². The maximum atomic E-state index is 4.27. The van der Waals surface area contributed by atoms with E-state index in [1.165, 1.54) is 54.7 Å². The van der Waals surface area contributed by atoms with Crippen LogP contribution in [0.25, 0.3) is 61.1 Å². The summed E-state index contributed by atoms with van der Waals surface area (Å²) in [6.45, 7) is 14.9. The van der Waals surface area contributed by atoms with E-state index in [2.05, 4.69) is 170 Å². The third kappa shape index (κ3) is 4.26. The lowest BCUT2D eigenvalue weighted by molar-refractivity contribution is 0.642. The van der Waals surface area contributed by atoms with E-state index in [9.17, 15) is 0 Å². The first-order valence-corrected chi connectivity index (χ1v) is 15.2. The quantitative estimate of drug-likeness (QED) is 0.169. The van der Waals surface area contributed by atoms with E-state index in [-0.39, 0.29) is 5.41 Å². The molecule has 0 saturated carbocycles. The highest BCUT2D eigenvalue weighted by Crippen LogP contribution is 2.39. The van der Waals surface area contributed by atoms with E-state index >= 15 is 0 Å². The van der Waals surface area contributed by atoms with E-state index in [1.54, 1.807) is 0 Å². The fourth-order valence-corrected chi connectivity index (χ4v) is 6.69. The van der Waals surface area contributed by atoms with Gasteiger partial charge in [-0.25, -0.2) is 0 Å². The van der Waals surface area contributed by atoms with Gasteiger partial charge in [0.1, 0.15) is 0 Å². The minimum Gasteiger partial charge on any atom is -0.310 e. The molecule has 0 aliphatic rings. The Labute approximate surface area is 259 Å². The second-order valence-corrected chi connectivity index (χ2v) is 11.9. The Hall–Kier alpha value is -5.34. The van der Waals surface area contributed by atoms with Crippen LogP contribution in [0.1, 0.15) is 37.5 Å². The summed E-state index contributed by atoms with van der Waals surface area (Å²) < 4.78 is 4.71. The van der Waals surface area contributed by atoms with Crippen molar-refractivity contribution >= 4 is 61.1 Å². The predicted octanol–water partition coefficient (Wildman–Crippen LogP) is 11.5. The lowest BCUT2D eigenvalue weighted by Crippen LogP contribution is -2.18. The molecule has 0 aliphatic heterocycles. The van der Waals surface area contributed by atoms with Gasteiger partial charge in [-0.2, -0.15) is 0 Å². The number of fused-ring (bicyclic) bond motifs is 6. The molecule has 0 amide bonds. The average Bonchev–Trinajstić information content (AvgIpc) is 3.58. The summed E-state index contributed by atoms with van der Waals surface area (Å²) in [5.74, 6) is 0. The Kier molecular flexibility index (Phi) is 6.71. The third-order valence-corrected chi connectivity index (χ3v) is 9.16. The third-order valence-electron chi connectivity index (χ3n) is 9.16. The molecule has 2 aromatic heterocycles. The molecule has 2 heteroatoms. The summed E-state index contributed by atoms with van der Waals surface area (Å²) in [4.78, 5) is 0. The summed E-state index contributed by atoms with van der Waals surface area (Å²) in [6, 6.07) is 41.6. The van der Waals surface area contributed by atoms with Crippen molar-refractivity contribution < 1.29 is 0 Å². The van der Waals surface area contributed by atoms with Crippen LogP contribution in [-0.4, -0.2) is 9.13 Å². The molecule has 44 heavy (non-hydrogen) atoms. The smallest absolute Gasteiger partial charge is 0.0541 e. The number of rotatable bonds is 7. The Morgan fingerprint density at radius 2 is 1.05 bits per heavy atom. The van der Waals surface area contributed by atoms with Crippen LogP contribution >= 0.6 is 0 Å². The fourth-order valence-electron chi connectivity index (χ4n) is 6.69. The molecule has 214 valence electrons. The molecule has 0 aliphatic carbocycles. The Bertz CT molecular complexity index is 2230. The zero-order valence-corrected chi connectivity index (χ0v) is 25.6. The highest BCUT2D eigenvalue weighted by atomic mass is 15.0. The molecule has 5 aromatic carbocycles. The minimum atomic E-state index is -0.160. The molecule has 0 saturated heterocycles. The molecule has 0 N–H and O–H groups in total.